The van der Waals surface area contributed by atoms with E-state index >= 15 is 0 Å². The van der Waals surface area contributed by atoms with Crippen LogP contribution in [0.2, 0.25) is 0 Å². The van der Waals surface area contributed by atoms with Gasteiger partial charge in [0.15, 0.2) is 17.4 Å². The summed E-state index contributed by atoms with van der Waals surface area (Å²) in [7, 11) is 0. The van der Waals surface area contributed by atoms with Gasteiger partial charge >= 0.3 is 0 Å². The molecule has 2 aromatic rings. The van der Waals surface area contributed by atoms with Gasteiger partial charge in [-0.05, 0) is 12.5 Å². The van der Waals surface area contributed by atoms with Crippen LogP contribution in [0.4, 0.5) is 13.2 Å². The molecular weight excluding hydrogens is 337 g/mol. The molecule has 4 nitrogen and oxygen atoms in total. The van der Waals surface area contributed by atoms with Crippen molar-refractivity contribution in [2.75, 3.05) is 12.3 Å². The lowest BCUT2D eigenvalue weighted by Gasteiger charge is -2.08. The van der Waals surface area contributed by atoms with Crippen molar-refractivity contribution in [2.45, 2.75) is 10.8 Å². The molecule has 22 heavy (non-hydrogen) atoms. The first kappa shape index (κ1) is 16.6. The third kappa shape index (κ3) is 3.92. The van der Waals surface area contributed by atoms with Crippen molar-refractivity contribution in [2.24, 2.45) is 0 Å². The van der Waals surface area contributed by atoms with Gasteiger partial charge in [-0.1, -0.05) is 11.8 Å². The highest BCUT2D eigenvalue weighted by Crippen LogP contribution is 2.25. The Morgan fingerprint density at radius 3 is 2.82 bits per heavy atom. The number of nitrogens with one attached hydrogen (secondary N) is 1. The summed E-state index contributed by atoms with van der Waals surface area (Å²) in [5, 5.41) is 13.3. The van der Waals surface area contributed by atoms with Crippen LogP contribution in [0, 0.1) is 17.5 Å². The summed E-state index contributed by atoms with van der Waals surface area (Å²) in [5.41, 5.74) is -0.732. The molecule has 1 amide bonds. The maximum Gasteiger partial charge on any atom is 0.254 e. The molecule has 2 N–H and O–H groups in total. The van der Waals surface area contributed by atoms with E-state index in [-0.39, 0.29) is 6.54 Å². The van der Waals surface area contributed by atoms with Gasteiger partial charge < -0.3 is 10.4 Å². The third-order valence-corrected chi connectivity index (χ3v) is 4.67. The first-order valence-corrected chi connectivity index (χ1v) is 8.04. The maximum atomic E-state index is 13.5. The van der Waals surface area contributed by atoms with Crippen molar-refractivity contribution in [3.63, 3.8) is 0 Å². The van der Waals surface area contributed by atoms with E-state index < -0.39 is 34.7 Å². The number of benzene rings is 1. The number of rotatable bonds is 6. The first-order valence-electron chi connectivity index (χ1n) is 6.17. The number of phenols is 1. The Kier molecular flexibility index (Phi) is 5.67. The second-order valence-electron chi connectivity index (χ2n) is 4.14. The lowest BCUT2D eigenvalue weighted by Crippen LogP contribution is -2.26. The van der Waals surface area contributed by atoms with Crippen LogP contribution >= 0.6 is 23.1 Å². The van der Waals surface area contributed by atoms with E-state index in [1.54, 1.807) is 6.20 Å². The van der Waals surface area contributed by atoms with Crippen molar-refractivity contribution in [1.82, 2.24) is 10.3 Å². The van der Waals surface area contributed by atoms with E-state index in [1.807, 2.05) is 5.38 Å². The highest BCUT2D eigenvalue weighted by atomic mass is 32.2. The largest absolute Gasteiger partial charge is 0.503 e. The monoisotopic (exact) mass is 348 g/mol. The van der Waals surface area contributed by atoms with Crippen LogP contribution in [-0.2, 0) is 0 Å². The second-order valence-corrected chi connectivity index (χ2v) is 6.38. The normalized spacial score (nSPS) is 10.7. The molecule has 0 bridgehead atoms. The van der Waals surface area contributed by atoms with Crippen LogP contribution in [0.3, 0.4) is 0 Å². The van der Waals surface area contributed by atoms with Gasteiger partial charge in [0, 0.05) is 23.9 Å². The Balaban J connectivity index is 1.85. The predicted molar refractivity (Wildman–Crippen MR) is 77.8 cm³/mol. The van der Waals surface area contributed by atoms with Crippen molar-refractivity contribution in [3.8, 4) is 5.75 Å². The molecule has 0 aliphatic rings. The van der Waals surface area contributed by atoms with Crippen LogP contribution in [0.15, 0.2) is 22.0 Å². The van der Waals surface area contributed by atoms with Gasteiger partial charge in [-0.2, -0.15) is 4.39 Å². The standard InChI is InChI=1S/C13H11F3N2O2S2/c14-8-6-7(9(15)11(19)10(8)16)12(20)17-2-1-4-21-13-18-3-5-22-13/h3,5-6,19H,1-2,4H2,(H,17,20). The van der Waals surface area contributed by atoms with Crippen molar-refractivity contribution in [1.29, 1.82) is 0 Å². The minimum atomic E-state index is -1.71. The van der Waals surface area contributed by atoms with Crippen LogP contribution in [0.5, 0.6) is 5.75 Å². The Bertz CT molecular complexity index is 666. The first-order chi connectivity index (χ1) is 10.5. The molecule has 0 saturated carbocycles. The number of carbonyl (C=O) groups is 1. The predicted octanol–water partition coefficient (Wildman–Crippen LogP) is 3.18. The van der Waals surface area contributed by atoms with Gasteiger partial charge in [0.25, 0.3) is 5.91 Å². The lowest BCUT2D eigenvalue weighted by molar-refractivity contribution is 0.0948. The highest BCUT2D eigenvalue weighted by molar-refractivity contribution is 8.00. The van der Waals surface area contributed by atoms with Gasteiger partial charge in [-0.25, -0.2) is 13.8 Å². The summed E-state index contributed by atoms with van der Waals surface area (Å²) >= 11 is 3.02. The van der Waals surface area contributed by atoms with Crippen LogP contribution in [0.1, 0.15) is 16.8 Å². The zero-order valence-corrected chi connectivity index (χ0v) is 12.7. The summed E-state index contributed by atoms with van der Waals surface area (Å²) in [6, 6.07) is 0.421. The average molecular weight is 348 g/mol. The zero-order valence-electron chi connectivity index (χ0n) is 11.1. The number of phenolic OH excluding ortho intramolecular Hbond substituents is 1. The van der Waals surface area contributed by atoms with Gasteiger partial charge in [-0.3, -0.25) is 4.79 Å². The number of hydrogen-bond donors (Lipinski definition) is 2. The molecule has 1 aromatic heterocycles. The molecule has 1 heterocycles. The fourth-order valence-electron chi connectivity index (χ4n) is 1.57. The fourth-order valence-corrected chi connectivity index (χ4v) is 3.21. The van der Waals surface area contributed by atoms with Gasteiger partial charge in [-0.15, -0.1) is 11.3 Å². The van der Waals surface area contributed by atoms with E-state index in [0.29, 0.717) is 18.2 Å². The third-order valence-electron chi connectivity index (χ3n) is 2.62. The molecule has 9 heteroatoms. The lowest BCUT2D eigenvalue weighted by atomic mass is 10.1. The molecule has 0 aliphatic carbocycles. The molecular formula is C13H11F3N2O2S2. The van der Waals surface area contributed by atoms with Crippen LogP contribution in [-0.4, -0.2) is 28.3 Å². The Labute approximate surface area is 132 Å². The topological polar surface area (TPSA) is 62.2 Å². The Morgan fingerprint density at radius 2 is 2.14 bits per heavy atom. The number of thiazole rings is 1. The molecule has 0 saturated heterocycles. The molecule has 118 valence electrons. The van der Waals surface area contributed by atoms with E-state index in [4.69, 9.17) is 5.11 Å². The van der Waals surface area contributed by atoms with Crippen molar-refractivity contribution >= 4 is 29.0 Å². The van der Waals surface area contributed by atoms with Gasteiger partial charge in [0.2, 0.25) is 5.82 Å². The maximum absolute atomic E-state index is 13.5. The number of nitrogens with zero attached hydrogens (tertiary/aromatic N) is 1. The second kappa shape index (κ2) is 7.50. The number of carbonyl (C=O) groups excluding carboxylic acids is 1. The number of hydrogen-bond acceptors (Lipinski definition) is 5. The number of thioether (sulfide) groups is 1. The summed E-state index contributed by atoms with van der Waals surface area (Å²) in [6.07, 6.45) is 2.28. The molecule has 0 aliphatic heterocycles. The SMILES string of the molecule is O=C(NCCCSc1nccs1)c1cc(F)c(F)c(O)c1F. The van der Waals surface area contributed by atoms with E-state index in [9.17, 15) is 18.0 Å². The molecule has 0 unspecified atom stereocenters. The number of aromatic nitrogens is 1. The summed E-state index contributed by atoms with van der Waals surface area (Å²) < 4.78 is 40.4. The zero-order chi connectivity index (χ0) is 16.1. The minimum absolute atomic E-state index is 0.233. The molecule has 1 aromatic carbocycles. The Hall–Kier alpha value is -1.74. The van der Waals surface area contributed by atoms with Crippen LogP contribution in [0.25, 0.3) is 0 Å². The van der Waals surface area contributed by atoms with Gasteiger partial charge in [0.1, 0.15) is 4.34 Å². The fraction of sp³-hybridized carbons (Fsp3) is 0.231. The Morgan fingerprint density at radius 1 is 1.36 bits per heavy atom. The van der Waals surface area contributed by atoms with E-state index in [1.165, 1.54) is 23.1 Å². The molecule has 0 radical (unpaired) electrons. The summed E-state index contributed by atoms with van der Waals surface area (Å²) in [6.45, 7) is 0.233. The molecule has 0 fully saturated rings. The smallest absolute Gasteiger partial charge is 0.254 e. The molecule has 0 atom stereocenters. The number of aromatic hydroxyl groups is 1. The average Bonchev–Trinajstić information content (AvgIpc) is 3.01. The van der Waals surface area contributed by atoms with Gasteiger partial charge in [0.05, 0.1) is 5.56 Å². The molecule has 0 spiro atoms. The minimum Gasteiger partial charge on any atom is -0.503 e. The van der Waals surface area contributed by atoms with Crippen molar-refractivity contribution < 1.29 is 23.1 Å². The number of halogens is 3. The van der Waals surface area contributed by atoms with E-state index in [2.05, 4.69) is 10.3 Å². The molecule has 2 rings (SSSR count). The quantitative estimate of drug-likeness (QED) is 0.478. The highest BCUT2D eigenvalue weighted by Gasteiger charge is 2.22. The van der Waals surface area contributed by atoms with Crippen LogP contribution < -0.4 is 5.32 Å². The van der Waals surface area contributed by atoms with Crippen molar-refractivity contribution in [3.05, 3.63) is 40.7 Å². The summed E-state index contributed by atoms with van der Waals surface area (Å²) in [4.78, 5) is 15.8. The number of amides is 1. The van der Waals surface area contributed by atoms with E-state index in [0.717, 1.165) is 4.34 Å². The summed E-state index contributed by atoms with van der Waals surface area (Å²) in [5.74, 6) is -6.39.